The second kappa shape index (κ2) is 12.3. The first-order valence-electron chi connectivity index (χ1n) is 6.19. The molecule has 2 heterocycles. The van der Waals surface area contributed by atoms with Crippen LogP contribution in [-0.4, -0.2) is 23.5 Å². The minimum absolute atomic E-state index is 0. The molecule has 2 rings (SSSR count). The quantitative estimate of drug-likeness (QED) is 0.767. The van der Waals surface area contributed by atoms with E-state index in [2.05, 4.69) is 36.8 Å². The third-order valence-corrected chi connectivity index (χ3v) is 2.94. The van der Waals surface area contributed by atoms with Crippen molar-refractivity contribution in [3.8, 4) is 0 Å². The summed E-state index contributed by atoms with van der Waals surface area (Å²) in [6, 6.07) is 4.79. The molecule has 1 aliphatic rings. The van der Waals surface area contributed by atoms with Crippen LogP contribution in [0.15, 0.2) is 24.5 Å². The van der Waals surface area contributed by atoms with E-state index in [9.17, 15) is 0 Å². The van der Waals surface area contributed by atoms with E-state index >= 15 is 0 Å². The molecule has 0 saturated carbocycles. The fourth-order valence-electron chi connectivity index (χ4n) is 1.90. The van der Waals surface area contributed by atoms with E-state index in [1.54, 1.807) is 0 Å². The van der Waals surface area contributed by atoms with Gasteiger partial charge in [0, 0.05) is 51.1 Å². The Balaban J connectivity index is 0. The number of unbranched alkanes of at least 4 members (excludes halogenated alkanes) is 1. The van der Waals surface area contributed by atoms with E-state index in [1.165, 1.54) is 31.4 Å². The maximum atomic E-state index is 4.14. The van der Waals surface area contributed by atoms with Crippen molar-refractivity contribution >= 4 is 0 Å². The molecule has 0 amide bonds. The van der Waals surface area contributed by atoms with Crippen LogP contribution >= 0.6 is 0 Å². The van der Waals surface area contributed by atoms with Crippen LogP contribution in [0.25, 0.3) is 0 Å². The predicted octanol–water partition coefficient (Wildman–Crippen LogP) is 3.92. The van der Waals surface area contributed by atoms with Gasteiger partial charge >= 0.3 is 0 Å². The van der Waals surface area contributed by atoms with Gasteiger partial charge in [0.15, 0.2) is 0 Å². The van der Waals surface area contributed by atoms with Crippen molar-refractivity contribution in [2.24, 2.45) is 0 Å². The van der Waals surface area contributed by atoms with Crippen molar-refractivity contribution in [1.29, 1.82) is 0 Å². The maximum Gasteiger partial charge on any atom is 0.0360 e. The zero-order valence-corrected chi connectivity index (χ0v) is 14.9. The molecular formula is C15H26N2Y-2. The van der Waals surface area contributed by atoms with Gasteiger partial charge in [-0.05, 0) is 38.1 Å². The molecule has 1 atom stereocenters. The maximum absolute atomic E-state index is 4.14. The van der Waals surface area contributed by atoms with Crippen molar-refractivity contribution in [2.75, 3.05) is 13.6 Å². The van der Waals surface area contributed by atoms with Gasteiger partial charge in [-0.25, -0.2) is 0 Å². The van der Waals surface area contributed by atoms with Crippen LogP contribution < -0.4 is 0 Å². The number of rotatable bonds is 2. The Hall–Kier alpha value is 0.214. The minimum atomic E-state index is 0. The van der Waals surface area contributed by atoms with Crippen LogP contribution in [0.5, 0.6) is 0 Å². The second-order valence-corrected chi connectivity index (χ2v) is 4.28. The Kier molecular flexibility index (Phi) is 14.0. The summed E-state index contributed by atoms with van der Waals surface area (Å²) in [5.41, 5.74) is 1.36. The van der Waals surface area contributed by atoms with E-state index in [1.807, 2.05) is 18.5 Å². The summed E-state index contributed by atoms with van der Waals surface area (Å²) in [5, 5.41) is 0. The van der Waals surface area contributed by atoms with Gasteiger partial charge in [0.1, 0.15) is 0 Å². The topological polar surface area (TPSA) is 16.1 Å². The van der Waals surface area contributed by atoms with Gasteiger partial charge in [0.2, 0.25) is 0 Å². The molecule has 0 aromatic carbocycles. The van der Waals surface area contributed by atoms with Crippen LogP contribution in [0.2, 0.25) is 0 Å². The Bertz CT molecular complexity index is 275. The van der Waals surface area contributed by atoms with E-state index in [4.69, 9.17) is 0 Å². The van der Waals surface area contributed by atoms with Crippen LogP contribution in [-0.2, 0) is 32.7 Å². The molecule has 0 aliphatic carbocycles. The Morgan fingerprint density at radius 2 is 2.17 bits per heavy atom. The van der Waals surface area contributed by atoms with Crippen LogP contribution in [0.1, 0.15) is 44.2 Å². The molecule has 1 aromatic rings. The number of hydrogen-bond donors (Lipinski definition) is 0. The molecule has 0 bridgehead atoms. The first-order valence-corrected chi connectivity index (χ1v) is 6.19. The Labute approximate surface area is 138 Å². The molecule has 1 fully saturated rings. The molecule has 1 saturated heterocycles. The summed E-state index contributed by atoms with van der Waals surface area (Å²) in [5.74, 6) is 0. The molecule has 1 aliphatic heterocycles. The van der Waals surface area contributed by atoms with Crippen molar-refractivity contribution in [3.05, 3.63) is 44.4 Å². The molecular weight excluding hydrogens is 297 g/mol. The number of aromatic nitrogens is 1. The smallest absolute Gasteiger partial charge is 0.0360 e. The number of nitrogens with zero attached hydrogens (tertiary/aromatic N) is 2. The van der Waals surface area contributed by atoms with E-state index in [0.29, 0.717) is 6.04 Å². The zero-order chi connectivity index (χ0) is 11.8. The third-order valence-electron chi connectivity index (χ3n) is 2.94. The van der Waals surface area contributed by atoms with Crippen molar-refractivity contribution in [3.63, 3.8) is 0 Å². The van der Waals surface area contributed by atoms with E-state index < -0.39 is 0 Å². The molecule has 3 heteroatoms. The summed E-state index contributed by atoms with van der Waals surface area (Å²) in [6.45, 7) is 6.94. The summed E-state index contributed by atoms with van der Waals surface area (Å²) in [4.78, 5) is 6.54. The van der Waals surface area contributed by atoms with Crippen molar-refractivity contribution in [2.45, 2.75) is 38.6 Å². The molecule has 1 aromatic heterocycles. The van der Waals surface area contributed by atoms with E-state index in [0.717, 1.165) is 6.42 Å². The SMILES string of the molecule is CN1CCC[C@H]1c1cccnc1.[CH2-]CCC.[CH3-].[Y]. The molecule has 0 N–H and O–H groups in total. The summed E-state index contributed by atoms with van der Waals surface area (Å²) in [7, 11) is 2.19. The molecule has 1 radical (unpaired) electrons. The standard InChI is InChI=1S/C10H14N2.C4H9.CH3.Y/c1-12-7-3-5-10(12)9-4-2-6-11-8-9;1-3-4-2;;/h2,4,6,8,10H,3,5,7H2,1H3;1,3-4H2,2H3;1H3;/q;2*-1;/t10-;;;/m0.../s1. The number of hydrogen-bond acceptors (Lipinski definition) is 2. The van der Waals surface area contributed by atoms with Gasteiger partial charge in [-0.1, -0.05) is 19.4 Å². The first kappa shape index (κ1) is 20.5. The van der Waals surface area contributed by atoms with Crippen LogP contribution in [0.3, 0.4) is 0 Å². The fourth-order valence-corrected chi connectivity index (χ4v) is 1.90. The first-order chi connectivity index (χ1) is 7.79. The van der Waals surface area contributed by atoms with E-state index in [-0.39, 0.29) is 40.1 Å². The van der Waals surface area contributed by atoms with Crippen LogP contribution in [0.4, 0.5) is 0 Å². The number of pyridine rings is 1. The normalized spacial score (nSPS) is 18.1. The van der Waals surface area contributed by atoms with Crippen molar-refractivity contribution in [1.82, 2.24) is 9.88 Å². The average molecular weight is 323 g/mol. The largest absolute Gasteiger partial charge is 0.358 e. The average Bonchev–Trinajstić information content (AvgIpc) is 2.77. The van der Waals surface area contributed by atoms with Crippen molar-refractivity contribution < 1.29 is 32.7 Å². The van der Waals surface area contributed by atoms with Gasteiger partial charge in [0.05, 0.1) is 0 Å². The van der Waals surface area contributed by atoms with Gasteiger partial charge < -0.3 is 14.4 Å². The molecule has 2 nitrogen and oxygen atoms in total. The molecule has 101 valence electrons. The molecule has 0 spiro atoms. The summed E-state index contributed by atoms with van der Waals surface area (Å²) in [6.07, 6.45) is 8.68. The van der Waals surface area contributed by atoms with Gasteiger partial charge in [0.25, 0.3) is 0 Å². The zero-order valence-electron chi connectivity index (χ0n) is 12.1. The summed E-state index contributed by atoms with van der Waals surface area (Å²) >= 11 is 0. The third kappa shape index (κ3) is 6.96. The van der Waals surface area contributed by atoms with Crippen LogP contribution in [0, 0.1) is 14.4 Å². The minimum Gasteiger partial charge on any atom is -0.358 e. The second-order valence-electron chi connectivity index (χ2n) is 4.28. The van der Waals surface area contributed by atoms with Gasteiger partial charge in [-0.15, -0.1) is 0 Å². The Morgan fingerprint density at radius 1 is 1.50 bits per heavy atom. The van der Waals surface area contributed by atoms with Gasteiger partial charge in [-0.3, -0.25) is 9.88 Å². The molecule has 0 unspecified atom stereocenters. The summed E-state index contributed by atoms with van der Waals surface area (Å²) < 4.78 is 0. The predicted molar refractivity (Wildman–Crippen MR) is 75.5 cm³/mol. The fraction of sp³-hybridized carbons (Fsp3) is 0.533. The number of likely N-dealkylation sites (tertiary alicyclic amines) is 1. The molecule has 18 heavy (non-hydrogen) atoms. The van der Waals surface area contributed by atoms with Gasteiger partial charge in [-0.2, -0.15) is 6.42 Å². The monoisotopic (exact) mass is 323 g/mol. The Morgan fingerprint density at radius 3 is 2.56 bits per heavy atom.